The van der Waals surface area contributed by atoms with Crippen molar-refractivity contribution in [2.75, 3.05) is 18.4 Å². The molecule has 2 saturated carbocycles. The summed E-state index contributed by atoms with van der Waals surface area (Å²) in [4.78, 5) is 39.1. The molecule has 238 valence electrons. The molecule has 3 N–H and O–H groups in total. The van der Waals surface area contributed by atoms with Gasteiger partial charge in [-0.3, -0.25) is 14.9 Å². The fourth-order valence-corrected chi connectivity index (χ4v) is 5.91. The average Bonchev–Trinajstić information content (AvgIpc) is 4.03. The largest absolute Gasteiger partial charge is 0.444 e. The predicted octanol–water partition coefficient (Wildman–Crippen LogP) is 6.41. The van der Waals surface area contributed by atoms with Crippen LogP contribution in [0.4, 0.5) is 10.5 Å². The first-order valence-electron chi connectivity index (χ1n) is 16.3. The van der Waals surface area contributed by atoms with Crippen molar-refractivity contribution >= 4 is 17.7 Å². The molecule has 4 aromatic rings. The van der Waals surface area contributed by atoms with Crippen LogP contribution in [0, 0.1) is 11.8 Å². The number of hydrogen-bond donors (Lipinski definition) is 2. The maximum Gasteiger partial charge on any atom is 0.412 e. The lowest BCUT2D eigenvalue weighted by Gasteiger charge is -2.36. The van der Waals surface area contributed by atoms with E-state index in [9.17, 15) is 14.4 Å². The average molecular weight is 619 g/mol. The Morgan fingerprint density at radius 1 is 0.804 bits per heavy atom. The van der Waals surface area contributed by atoms with Crippen LogP contribution in [0.3, 0.4) is 0 Å². The fourth-order valence-electron chi connectivity index (χ4n) is 5.91. The second-order valence-electron chi connectivity index (χ2n) is 12.7. The number of nitrogens with zero attached hydrogens (tertiary/aromatic N) is 2. The van der Waals surface area contributed by atoms with Gasteiger partial charge in [0.15, 0.2) is 0 Å². The Balaban J connectivity index is 0.000000178. The summed E-state index contributed by atoms with van der Waals surface area (Å²) in [5.41, 5.74) is 10.1. The number of amides is 2. The van der Waals surface area contributed by atoms with Gasteiger partial charge in [-0.25, -0.2) is 4.79 Å². The van der Waals surface area contributed by atoms with Gasteiger partial charge in [0, 0.05) is 37.3 Å². The number of nitrogens with one attached hydrogen (secondary N) is 1. The number of pyridine rings is 1. The van der Waals surface area contributed by atoms with Crippen LogP contribution in [0.1, 0.15) is 49.1 Å². The van der Waals surface area contributed by atoms with Crippen LogP contribution in [0.5, 0.6) is 0 Å². The highest BCUT2D eigenvalue weighted by Gasteiger charge is 2.35. The fraction of sp³-hybridized carbons (Fsp3) is 0.342. The Morgan fingerprint density at radius 3 is 2.07 bits per heavy atom. The minimum absolute atomic E-state index is 0.147. The van der Waals surface area contributed by atoms with Crippen molar-refractivity contribution < 1.29 is 14.3 Å². The Morgan fingerprint density at radius 2 is 1.41 bits per heavy atom. The summed E-state index contributed by atoms with van der Waals surface area (Å²) < 4.78 is 6.97. The van der Waals surface area contributed by atoms with Gasteiger partial charge in [-0.05, 0) is 66.7 Å². The summed E-state index contributed by atoms with van der Waals surface area (Å²) in [6, 6.07) is 31.1. The number of aromatic nitrogens is 1. The van der Waals surface area contributed by atoms with E-state index in [2.05, 4.69) is 29.6 Å². The van der Waals surface area contributed by atoms with Crippen molar-refractivity contribution in [3.05, 3.63) is 125 Å². The molecule has 2 amide bonds. The van der Waals surface area contributed by atoms with E-state index in [1.54, 1.807) is 10.6 Å². The van der Waals surface area contributed by atoms with Gasteiger partial charge in [0.2, 0.25) is 5.91 Å². The molecule has 1 aromatic heterocycles. The van der Waals surface area contributed by atoms with E-state index in [1.165, 1.54) is 18.4 Å². The Labute approximate surface area is 270 Å². The van der Waals surface area contributed by atoms with Gasteiger partial charge in [0.25, 0.3) is 5.56 Å². The quantitative estimate of drug-likeness (QED) is 0.225. The Bertz CT molecular complexity index is 1670. The normalized spacial score (nSPS) is 19.2. The summed E-state index contributed by atoms with van der Waals surface area (Å²) >= 11 is 0. The van der Waals surface area contributed by atoms with Gasteiger partial charge in [-0.15, -0.1) is 0 Å². The number of likely N-dealkylation sites (tertiary alicyclic amines) is 1. The van der Waals surface area contributed by atoms with Crippen LogP contribution in [-0.4, -0.2) is 40.6 Å². The van der Waals surface area contributed by atoms with Gasteiger partial charge in [-0.1, -0.05) is 91.0 Å². The molecule has 0 radical (unpaired) electrons. The van der Waals surface area contributed by atoms with Crippen molar-refractivity contribution in [3.8, 4) is 11.1 Å². The third kappa shape index (κ3) is 8.52. The molecular weight excluding hydrogens is 576 g/mol. The lowest BCUT2D eigenvalue weighted by Crippen LogP contribution is -2.51. The molecule has 46 heavy (non-hydrogen) atoms. The van der Waals surface area contributed by atoms with Crippen LogP contribution in [0.2, 0.25) is 0 Å². The van der Waals surface area contributed by atoms with Crippen LogP contribution in [0.15, 0.2) is 108 Å². The topological polar surface area (TPSA) is 107 Å². The molecule has 2 atom stereocenters. The minimum Gasteiger partial charge on any atom is -0.444 e. The van der Waals surface area contributed by atoms with Crippen LogP contribution in [0.25, 0.3) is 11.1 Å². The van der Waals surface area contributed by atoms with Gasteiger partial charge in [0.05, 0.1) is 6.04 Å². The minimum atomic E-state index is -0.635. The molecule has 2 unspecified atom stereocenters. The molecule has 1 aliphatic heterocycles. The standard InChI is InChI=1S/C23H22N2O3.C15H20N2O/c26-22-21(24-23(27)28-16-18-7-3-1-4-8-18)13-20(19-9-5-2-6-10-19)15-25(22)14-17-11-12-17;16-14-8-13(12-4-2-1-3-5-12)10-17(15(14)18)9-11-6-7-11/h1-10,13,15,17H,11-12,14,16H2,(H,24,27);1-5,11,13-14H,6-10,16H2. The van der Waals surface area contributed by atoms with Gasteiger partial charge in [0.1, 0.15) is 12.3 Å². The number of anilines is 1. The molecule has 3 aromatic carbocycles. The van der Waals surface area contributed by atoms with E-state index in [1.807, 2.05) is 77.8 Å². The first-order valence-corrected chi connectivity index (χ1v) is 16.3. The summed E-state index contributed by atoms with van der Waals surface area (Å²) in [6.45, 7) is 2.58. The van der Waals surface area contributed by atoms with Crippen molar-refractivity contribution in [1.82, 2.24) is 9.47 Å². The van der Waals surface area contributed by atoms with E-state index < -0.39 is 6.09 Å². The molecular formula is C38H42N4O4. The van der Waals surface area contributed by atoms with Crippen LogP contribution in [-0.2, 0) is 22.7 Å². The highest BCUT2D eigenvalue weighted by molar-refractivity contribution is 5.85. The molecule has 8 nitrogen and oxygen atoms in total. The lowest BCUT2D eigenvalue weighted by atomic mass is 9.88. The number of carbonyl (C=O) groups excluding carboxylic acids is 2. The molecule has 8 heteroatoms. The maximum absolute atomic E-state index is 12.8. The number of ether oxygens (including phenoxy) is 1. The zero-order valence-electron chi connectivity index (χ0n) is 26.1. The summed E-state index contributed by atoms with van der Waals surface area (Å²) in [5.74, 6) is 1.82. The highest BCUT2D eigenvalue weighted by atomic mass is 16.5. The van der Waals surface area contributed by atoms with Crippen molar-refractivity contribution in [1.29, 1.82) is 0 Å². The van der Waals surface area contributed by atoms with E-state index in [0.29, 0.717) is 18.4 Å². The number of carbonyl (C=O) groups is 2. The first-order chi connectivity index (χ1) is 22.4. The van der Waals surface area contributed by atoms with E-state index in [-0.39, 0.29) is 29.8 Å². The van der Waals surface area contributed by atoms with E-state index >= 15 is 0 Å². The van der Waals surface area contributed by atoms with Crippen molar-refractivity contribution in [3.63, 3.8) is 0 Å². The second-order valence-corrected chi connectivity index (χ2v) is 12.7. The SMILES string of the molecule is NC1CC(c2ccccc2)CN(CC2CC2)C1=O.O=C(Nc1cc(-c2ccccc2)cn(CC2CC2)c1=O)OCc1ccccc1. The Hall–Kier alpha value is -4.69. The monoisotopic (exact) mass is 618 g/mol. The zero-order valence-corrected chi connectivity index (χ0v) is 26.1. The van der Waals surface area contributed by atoms with Crippen LogP contribution >= 0.6 is 0 Å². The molecule has 0 spiro atoms. The smallest absolute Gasteiger partial charge is 0.412 e. The lowest BCUT2D eigenvalue weighted by molar-refractivity contribution is -0.135. The first kappa shape index (κ1) is 31.3. The summed E-state index contributed by atoms with van der Waals surface area (Å²) in [5, 5.41) is 2.63. The molecule has 2 heterocycles. The molecule has 7 rings (SSSR count). The molecule has 3 aliphatic rings. The van der Waals surface area contributed by atoms with Crippen molar-refractivity contribution in [2.45, 2.75) is 57.2 Å². The second kappa shape index (κ2) is 14.6. The predicted molar refractivity (Wildman–Crippen MR) is 180 cm³/mol. The van der Waals surface area contributed by atoms with Crippen LogP contribution < -0.4 is 16.6 Å². The summed E-state index contributed by atoms with van der Waals surface area (Å²) in [6.07, 6.45) is 6.85. The number of hydrogen-bond acceptors (Lipinski definition) is 5. The third-order valence-corrected chi connectivity index (χ3v) is 8.85. The maximum atomic E-state index is 12.8. The zero-order chi connectivity index (χ0) is 31.9. The number of benzene rings is 3. The van der Waals surface area contributed by atoms with Gasteiger partial charge >= 0.3 is 6.09 Å². The molecule has 0 bridgehead atoms. The molecule has 3 fully saturated rings. The number of piperidine rings is 1. The molecule has 2 aliphatic carbocycles. The third-order valence-electron chi connectivity index (χ3n) is 8.85. The van der Waals surface area contributed by atoms with E-state index in [4.69, 9.17) is 10.5 Å². The van der Waals surface area contributed by atoms with E-state index in [0.717, 1.165) is 55.0 Å². The Kier molecular flexibility index (Phi) is 9.94. The highest BCUT2D eigenvalue weighted by Crippen LogP contribution is 2.34. The van der Waals surface area contributed by atoms with Gasteiger partial charge < -0.3 is 19.9 Å². The number of rotatable bonds is 9. The summed E-state index contributed by atoms with van der Waals surface area (Å²) in [7, 11) is 0. The number of nitrogens with two attached hydrogens (primary N) is 1. The molecule has 1 saturated heterocycles. The van der Waals surface area contributed by atoms with Gasteiger partial charge in [-0.2, -0.15) is 0 Å². The van der Waals surface area contributed by atoms with Crippen molar-refractivity contribution in [2.24, 2.45) is 17.6 Å².